The Labute approximate surface area is 109 Å². The minimum Gasteiger partial charge on any atom is -0.389 e. The van der Waals surface area contributed by atoms with E-state index in [0.29, 0.717) is 12.1 Å². The molecular formula is C15H22N2O. The lowest BCUT2D eigenvalue weighted by molar-refractivity contribution is 0.0303. The molecule has 3 nitrogen and oxygen atoms in total. The predicted octanol–water partition coefficient (Wildman–Crippen LogP) is 2.76. The molecule has 98 valence electrons. The number of nitrogens with zero attached hydrogens (tertiary/aromatic N) is 1. The second-order valence-electron chi connectivity index (χ2n) is 4.77. The van der Waals surface area contributed by atoms with E-state index >= 15 is 0 Å². The maximum atomic E-state index is 10.2. The monoisotopic (exact) mass is 246 g/mol. The molecule has 0 fully saturated rings. The standard InChI is InChI=1S/C15H22N2O/c1-4-15(18,5-2)11-17-12(3)14-8-6-7-13(9-14)10-16/h6-9,12,17-18H,4-5,11H2,1-3H3. The van der Waals surface area contributed by atoms with Crippen molar-refractivity contribution in [2.24, 2.45) is 0 Å². The van der Waals surface area contributed by atoms with Crippen LogP contribution in [0, 0.1) is 11.3 Å². The molecule has 0 amide bonds. The zero-order valence-corrected chi connectivity index (χ0v) is 11.4. The van der Waals surface area contributed by atoms with Crippen LogP contribution in [0.2, 0.25) is 0 Å². The molecule has 2 N–H and O–H groups in total. The average Bonchev–Trinajstić information content (AvgIpc) is 2.44. The largest absolute Gasteiger partial charge is 0.389 e. The third kappa shape index (κ3) is 3.83. The van der Waals surface area contributed by atoms with Crippen LogP contribution in [-0.2, 0) is 0 Å². The van der Waals surface area contributed by atoms with Crippen molar-refractivity contribution in [3.05, 3.63) is 35.4 Å². The first-order valence-electron chi connectivity index (χ1n) is 6.50. The van der Waals surface area contributed by atoms with Crippen LogP contribution in [0.1, 0.15) is 50.8 Å². The molecule has 1 unspecified atom stereocenters. The van der Waals surface area contributed by atoms with Gasteiger partial charge in [-0.2, -0.15) is 5.26 Å². The van der Waals surface area contributed by atoms with Gasteiger partial charge >= 0.3 is 0 Å². The zero-order valence-electron chi connectivity index (χ0n) is 11.4. The second kappa shape index (κ2) is 6.53. The second-order valence-corrected chi connectivity index (χ2v) is 4.77. The minimum atomic E-state index is -0.638. The number of aliphatic hydroxyl groups is 1. The first-order chi connectivity index (χ1) is 8.54. The summed E-state index contributed by atoms with van der Waals surface area (Å²) in [5.41, 5.74) is 1.10. The quantitative estimate of drug-likeness (QED) is 0.811. The number of rotatable bonds is 6. The van der Waals surface area contributed by atoms with Crippen molar-refractivity contribution in [3.63, 3.8) is 0 Å². The fraction of sp³-hybridized carbons (Fsp3) is 0.533. The summed E-state index contributed by atoms with van der Waals surface area (Å²) in [6.45, 7) is 6.60. The van der Waals surface area contributed by atoms with Crippen molar-refractivity contribution in [2.75, 3.05) is 6.54 Å². The topological polar surface area (TPSA) is 56.0 Å². The summed E-state index contributed by atoms with van der Waals surface area (Å²) in [5.74, 6) is 0. The van der Waals surface area contributed by atoms with E-state index in [0.717, 1.165) is 18.4 Å². The van der Waals surface area contributed by atoms with Crippen molar-refractivity contribution in [1.29, 1.82) is 5.26 Å². The lowest BCUT2D eigenvalue weighted by Crippen LogP contribution is -2.40. The Morgan fingerprint density at radius 3 is 2.61 bits per heavy atom. The van der Waals surface area contributed by atoms with Crippen LogP contribution in [0.25, 0.3) is 0 Å². The van der Waals surface area contributed by atoms with Crippen molar-refractivity contribution in [1.82, 2.24) is 5.32 Å². The molecule has 1 rings (SSSR count). The van der Waals surface area contributed by atoms with E-state index in [4.69, 9.17) is 5.26 Å². The molecule has 0 heterocycles. The van der Waals surface area contributed by atoms with Crippen LogP contribution in [-0.4, -0.2) is 17.3 Å². The Morgan fingerprint density at radius 1 is 1.39 bits per heavy atom. The number of nitriles is 1. The first-order valence-corrected chi connectivity index (χ1v) is 6.50. The van der Waals surface area contributed by atoms with E-state index in [1.54, 1.807) is 6.07 Å². The molecule has 0 saturated carbocycles. The summed E-state index contributed by atoms with van der Waals surface area (Å²) in [6, 6.07) is 9.83. The van der Waals surface area contributed by atoms with Crippen molar-refractivity contribution >= 4 is 0 Å². The molecule has 0 aliphatic rings. The van der Waals surface area contributed by atoms with E-state index < -0.39 is 5.60 Å². The summed E-state index contributed by atoms with van der Waals surface area (Å²) >= 11 is 0. The van der Waals surface area contributed by atoms with Gasteiger partial charge in [-0.3, -0.25) is 0 Å². The first kappa shape index (κ1) is 14.7. The zero-order chi connectivity index (χ0) is 13.6. The predicted molar refractivity (Wildman–Crippen MR) is 73.1 cm³/mol. The van der Waals surface area contributed by atoms with E-state index in [-0.39, 0.29) is 6.04 Å². The fourth-order valence-electron chi connectivity index (χ4n) is 1.84. The molecule has 0 aliphatic carbocycles. The Bertz CT molecular complexity index is 419. The van der Waals surface area contributed by atoms with Gasteiger partial charge < -0.3 is 10.4 Å². The van der Waals surface area contributed by atoms with E-state index in [1.807, 2.05) is 39.0 Å². The van der Waals surface area contributed by atoms with Crippen LogP contribution in [0.15, 0.2) is 24.3 Å². The third-order valence-corrected chi connectivity index (χ3v) is 3.57. The molecule has 0 radical (unpaired) electrons. The van der Waals surface area contributed by atoms with Crippen LogP contribution < -0.4 is 5.32 Å². The van der Waals surface area contributed by atoms with E-state index in [9.17, 15) is 5.11 Å². The van der Waals surface area contributed by atoms with Crippen LogP contribution in [0.3, 0.4) is 0 Å². The van der Waals surface area contributed by atoms with Gasteiger partial charge in [0.25, 0.3) is 0 Å². The van der Waals surface area contributed by atoms with Crippen molar-refractivity contribution in [2.45, 2.75) is 45.3 Å². The van der Waals surface area contributed by atoms with Gasteiger partial charge in [-0.05, 0) is 37.5 Å². The molecular weight excluding hydrogens is 224 g/mol. The van der Waals surface area contributed by atoms with Gasteiger partial charge in [-0.1, -0.05) is 26.0 Å². The SMILES string of the molecule is CCC(O)(CC)CNC(C)c1cccc(C#N)c1. The number of hydrogen-bond acceptors (Lipinski definition) is 3. The summed E-state index contributed by atoms with van der Waals surface area (Å²) in [6.07, 6.45) is 1.48. The minimum absolute atomic E-state index is 0.128. The molecule has 3 heteroatoms. The van der Waals surface area contributed by atoms with Gasteiger partial charge in [-0.25, -0.2) is 0 Å². The highest BCUT2D eigenvalue weighted by Crippen LogP contribution is 2.17. The molecule has 0 bridgehead atoms. The Balaban J connectivity index is 2.65. The lowest BCUT2D eigenvalue weighted by Gasteiger charge is -2.27. The van der Waals surface area contributed by atoms with Gasteiger partial charge in [0, 0.05) is 12.6 Å². The normalized spacial score (nSPS) is 13.1. The molecule has 0 spiro atoms. The third-order valence-electron chi connectivity index (χ3n) is 3.57. The molecule has 1 aromatic carbocycles. The van der Waals surface area contributed by atoms with E-state index in [2.05, 4.69) is 11.4 Å². The van der Waals surface area contributed by atoms with Gasteiger partial charge in [-0.15, -0.1) is 0 Å². The lowest BCUT2D eigenvalue weighted by atomic mass is 9.96. The highest BCUT2D eigenvalue weighted by atomic mass is 16.3. The van der Waals surface area contributed by atoms with Gasteiger partial charge in [0.1, 0.15) is 0 Å². The molecule has 0 saturated heterocycles. The van der Waals surface area contributed by atoms with Gasteiger partial charge in [0.05, 0.1) is 17.2 Å². The molecule has 18 heavy (non-hydrogen) atoms. The maximum Gasteiger partial charge on any atom is 0.0991 e. The summed E-state index contributed by atoms with van der Waals surface area (Å²) in [5, 5.41) is 22.4. The average molecular weight is 246 g/mol. The van der Waals surface area contributed by atoms with Crippen molar-refractivity contribution in [3.8, 4) is 6.07 Å². The Morgan fingerprint density at radius 2 is 2.06 bits per heavy atom. The van der Waals surface area contributed by atoms with Crippen LogP contribution in [0.5, 0.6) is 0 Å². The molecule has 0 aliphatic heterocycles. The van der Waals surface area contributed by atoms with Gasteiger partial charge in [0.15, 0.2) is 0 Å². The Hall–Kier alpha value is -1.37. The van der Waals surface area contributed by atoms with Crippen molar-refractivity contribution < 1.29 is 5.11 Å². The number of hydrogen-bond donors (Lipinski definition) is 2. The highest BCUT2D eigenvalue weighted by molar-refractivity contribution is 5.34. The smallest absolute Gasteiger partial charge is 0.0991 e. The fourth-order valence-corrected chi connectivity index (χ4v) is 1.84. The Kier molecular flexibility index (Phi) is 5.33. The maximum absolute atomic E-state index is 10.2. The van der Waals surface area contributed by atoms with Gasteiger partial charge in [0.2, 0.25) is 0 Å². The highest BCUT2D eigenvalue weighted by Gasteiger charge is 2.22. The number of benzene rings is 1. The molecule has 0 aromatic heterocycles. The van der Waals surface area contributed by atoms with E-state index in [1.165, 1.54) is 0 Å². The summed E-state index contributed by atoms with van der Waals surface area (Å²) in [4.78, 5) is 0. The number of nitrogens with one attached hydrogen (secondary N) is 1. The summed E-state index contributed by atoms with van der Waals surface area (Å²) in [7, 11) is 0. The van der Waals surface area contributed by atoms with Crippen LogP contribution in [0.4, 0.5) is 0 Å². The summed E-state index contributed by atoms with van der Waals surface area (Å²) < 4.78 is 0. The molecule has 1 aromatic rings. The molecule has 1 atom stereocenters. The van der Waals surface area contributed by atoms with Crippen LogP contribution >= 0.6 is 0 Å².